The van der Waals surface area contributed by atoms with Gasteiger partial charge >= 0.3 is 0 Å². The lowest BCUT2D eigenvalue weighted by atomic mass is 10.2. The summed E-state index contributed by atoms with van der Waals surface area (Å²) >= 11 is 3.50. The SMILES string of the molecule is CCn1cc(S(=O)(=O)N2CCCC(Br)C2)nc1C. The largest absolute Gasteiger partial charge is 0.334 e. The first-order valence-electron chi connectivity index (χ1n) is 6.13. The van der Waals surface area contributed by atoms with Crippen LogP contribution in [0.3, 0.4) is 0 Å². The molecule has 1 atom stereocenters. The first-order chi connectivity index (χ1) is 8.45. The fraction of sp³-hybridized carbons (Fsp3) is 0.727. The van der Waals surface area contributed by atoms with Crippen molar-refractivity contribution in [2.45, 2.75) is 43.1 Å². The van der Waals surface area contributed by atoms with Crippen LogP contribution in [0.2, 0.25) is 0 Å². The van der Waals surface area contributed by atoms with Crippen LogP contribution in [0.5, 0.6) is 0 Å². The van der Waals surface area contributed by atoms with E-state index in [1.54, 1.807) is 6.20 Å². The number of aromatic nitrogens is 2. The van der Waals surface area contributed by atoms with Crippen LogP contribution in [-0.4, -0.2) is 40.2 Å². The summed E-state index contributed by atoms with van der Waals surface area (Å²) in [6.45, 7) is 5.64. The third-order valence-electron chi connectivity index (χ3n) is 3.23. The zero-order chi connectivity index (χ0) is 13.3. The van der Waals surface area contributed by atoms with Gasteiger partial charge in [-0.3, -0.25) is 0 Å². The van der Waals surface area contributed by atoms with Crippen molar-refractivity contribution in [3.63, 3.8) is 0 Å². The van der Waals surface area contributed by atoms with Crippen molar-refractivity contribution in [1.29, 1.82) is 0 Å². The van der Waals surface area contributed by atoms with Crippen LogP contribution in [0.1, 0.15) is 25.6 Å². The van der Waals surface area contributed by atoms with Crippen LogP contribution in [0.15, 0.2) is 11.2 Å². The van der Waals surface area contributed by atoms with Crippen molar-refractivity contribution in [1.82, 2.24) is 13.9 Å². The normalized spacial score (nSPS) is 22.3. The lowest BCUT2D eigenvalue weighted by Crippen LogP contribution is -2.40. The highest BCUT2D eigenvalue weighted by Gasteiger charge is 2.31. The first kappa shape index (κ1) is 14.0. The summed E-state index contributed by atoms with van der Waals surface area (Å²) in [5, 5.41) is 0.170. The Bertz CT molecular complexity index is 526. The number of alkyl halides is 1. The molecule has 1 unspecified atom stereocenters. The van der Waals surface area contributed by atoms with Crippen LogP contribution in [0.25, 0.3) is 0 Å². The number of sulfonamides is 1. The van der Waals surface area contributed by atoms with Gasteiger partial charge in [-0.25, -0.2) is 13.4 Å². The van der Waals surface area contributed by atoms with Gasteiger partial charge in [0.15, 0.2) is 5.03 Å². The quantitative estimate of drug-likeness (QED) is 0.791. The summed E-state index contributed by atoms with van der Waals surface area (Å²) < 4.78 is 28.3. The molecule has 5 nitrogen and oxygen atoms in total. The highest BCUT2D eigenvalue weighted by molar-refractivity contribution is 9.09. The maximum absolute atomic E-state index is 12.4. The molecule has 1 fully saturated rings. The van der Waals surface area contributed by atoms with Crippen molar-refractivity contribution in [2.24, 2.45) is 0 Å². The van der Waals surface area contributed by atoms with Crippen LogP contribution in [0, 0.1) is 6.92 Å². The van der Waals surface area contributed by atoms with Crippen LogP contribution in [-0.2, 0) is 16.6 Å². The number of hydrogen-bond donors (Lipinski definition) is 0. The minimum atomic E-state index is -3.44. The molecule has 2 heterocycles. The van der Waals surface area contributed by atoms with E-state index in [1.807, 2.05) is 18.4 Å². The van der Waals surface area contributed by atoms with E-state index in [4.69, 9.17) is 0 Å². The Kier molecular flexibility index (Phi) is 4.13. The summed E-state index contributed by atoms with van der Waals surface area (Å²) in [7, 11) is -3.44. The summed E-state index contributed by atoms with van der Waals surface area (Å²) in [6, 6.07) is 0. The Morgan fingerprint density at radius 1 is 1.56 bits per heavy atom. The molecule has 1 aromatic rings. The molecule has 0 spiro atoms. The Hall–Kier alpha value is -0.400. The van der Waals surface area contributed by atoms with Crippen LogP contribution >= 0.6 is 15.9 Å². The van der Waals surface area contributed by atoms with Gasteiger partial charge in [0.05, 0.1) is 0 Å². The van der Waals surface area contributed by atoms with E-state index in [2.05, 4.69) is 20.9 Å². The number of imidazole rings is 1. The molecule has 2 rings (SSSR count). The molecule has 18 heavy (non-hydrogen) atoms. The molecule has 7 heteroatoms. The molecule has 0 saturated carbocycles. The van der Waals surface area contributed by atoms with Gasteiger partial charge in [0.25, 0.3) is 10.0 Å². The van der Waals surface area contributed by atoms with E-state index < -0.39 is 10.0 Å². The lowest BCUT2D eigenvalue weighted by molar-refractivity contribution is 0.355. The van der Waals surface area contributed by atoms with E-state index in [-0.39, 0.29) is 9.85 Å². The Labute approximate surface area is 116 Å². The summed E-state index contributed by atoms with van der Waals surface area (Å²) in [5.41, 5.74) is 0. The van der Waals surface area contributed by atoms with Gasteiger partial charge in [-0.15, -0.1) is 0 Å². The number of hydrogen-bond acceptors (Lipinski definition) is 3. The maximum atomic E-state index is 12.4. The molecule has 102 valence electrons. The van der Waals surface area contributed by atoms with Gasteiger partial charge in [0.2, 0.25) is 0 Å². The van der Waals surface area contributed by atoms with Crippen LogP contribution in [0.4, 0.5) is 0 Å². The monoisotopic (exact) mass is 335 g/mol. The maximum Gasteiger partial charge on any atom is 0.262 e. The average Bonchev–Trinajstić information content (AvgIpc) is 2.71. The molecule has 0 N–H and O–H groups in total. The summed E-state index contributed by atoms with van der Waals surface area (Å²) in [4.78, 5) is 4.42. The second-order valence-electron chi connectivity index (χ2n) is 4.51. The molecule has 0 radical (unpaired) electrons. The summed E-state index contributed by atoms with van der Waals surface area (Å²) in [6.07, 6.45) is 3.54. The first-order valence-corrected chi connectivity index (χ1v) is 8.48. The molecule has 0 aliphatic carbocycles. The van der Waals surface area contributed by atoms with Gasteiger partial charge in [0.1, 0.15) is 5.82 Å². The predicted molar refractivity (Wildman–Crippen MR) is 73.3 cm³/mol. The number of nitrogens with zero attached hydrogens (tertiary/aromatic N) is 3. The highest BCUT2D eigenvalue weighted by atomic mass is 79.9. The minimum Gasteiger partial charge on any atom is -0.334 e. The van der Waals surface area contributed by atoms with E-state index in [9.17, 15) is 8.42 Å². The number of aryl methyl sites for hydroxylation is 2. The van der Waals surface area contributed by atoms with Crippen LogP contribution < -0.4 is 0 Å². The molecular weight excluding hydrogens is 318 g/mol. The molecule has 1 aliphatic rings. The van der Waals surface area contributed by atoms with Crippen molar-refractivity contribution < 1.29 is 8.42 Å². The van der Waals surface area contributed by atoms with Crippen molar-refractivity contribution in [2.75, 3.05) is 13.1 Å². The minimum absolute atomic E-state index is 0.170. The Morgan fingerprint density at radius 2 is 2.28 bits per heavy atom. The molecule has 0 aromatic carbocycles. The van der Waals surface area contributed by atoms with Gasteiger partial charge in [-0.2, -0.15) is 4.31 Å². The molecule has 1 aliphatic heterocycles. The zero-order valence-corrected chi connectivity index (χ0v) is 13.0. The topological polar surface area (TPSA) is 55.2 Å². The molecule has 1 aromatic heterocycles. The Morgan fingerprint density at radius 3 is 2.83 bits per heavy atom. The van der Waals surface area contributed by atoms with E-state index in [0.29, 0.717) is 13.1 Å². The third kappa shape index (κ3) is 2.62. The average molecular weight is 336 g/mol. The molecule has 1 saturated heterocycles. The molecule has 0 amide bonds. The van der Waals surface area contributed by atoms with Gasteiger partial charge in [-0.1, -0.05) is 15.9 Å². The van der Waals surface area contributed by atoms with Crippen molar-refractivity contribution in [3.05, 3.63) is 12.0 Å². The lowest BCUT2D eigenvalue weighted by Gasteiger charge is -2.28. The van der Waals surface area contributed by atoms with Gasteiger partial charge in [-0.05, 0) is 26.7 Å². The van der Waals surface area contributed by atoms with Crippen molar-refractivity contribution >= 4 is 26.0 Å². The molecular formula is C11H18BrN3O2S. The summed E-state index contributed by atoms with van der Waals surface area (Å²) in [5.74, 6) is 0.739. The standard InChI is InChI=1S/C11H18BrN3O2S/c1-3-14-8-11(13-9(14)2)18(16,17)15-6-4-5-10(12)7-15/h8,10H,3-7H2,1-2H3. The Balaban J connectivity index is 2.29. The van der Waals surface area contributed by atoms with Gasteiger partial charge in [0, 0.05) is 30.7 Å². The number of halogens is 1. The fourth-order valence-corrected chi connectivity index (χ4v) is 4.55. The van der Waals surface area contributed by atoms with E-state index in [0.717, 1.165) is 25.2 Å². The predicted octanol–water partition coefficient (Wildman–Crippen LogP) is 1.76. The van der Waals surface area contributed by atoms with E-state index >= 15 is 0 Å². The smallest absolute Gasteiger partial charge is 0.262 e. The third-order valence-corrected chi connectivity index (χ3v) is 5.71. The van der Waals surface area contributed by atoms with Crippen molar-refractivity contribution in [3.8, 4) is 0 Å². The highest BCUT2D eigenvalue weighted by Crippen LogP contribution is 2.23. The second-order valence-corrected chi connectivity index (χ2v) is 7.69. The number of piperidine rings is 1. The fourth-order valence-electron chi connectivity index (χ4n) is 2.17. The zero-order valence-electron chi connectivity index (χ0n) is 10.6. The molecule has 0 bridgehead atoms. The number of rotatable bonds is 3. The second kappa shape index (κ2) is 5.30. The van der Waals surface area contributed by atoms with E-state index in [1.165, 1.54) is 4.31 Å². The van der Waals surface area contributed by atoms with Gasteiger partial charge < -0.3 is 4.57 Å².